The normalized spacial score (nSPS) is 18.0. The number of halogens is 1. The summed E-state index contributed by atoms with van der Waals surface area (Å²) in [6.45, 7) is 0. The molecular weight excluding hydrogens is 306 g/mol. The lowest BCUT2D eigenvalue weighted by Crippen LogP contribution is -2.20. The number of aromatic nitrogens is 2. The van der Waals surface area contributed by atoms with E-state index in [1.54, 1.807) is 0 Å². The van der Waals surface area contributed by atoms with Crippen LogP contribution in [0.2, 0.25) is 5.02 Å². The fourth-order valence-electron chi connectivity index (χ4n) is 3.71. The molecular formula is C19H22ClN3. The summed E-state index contributed by atoms with van der Waals surface area (Å²) in [5.74, 6) is 1.90. The SMILES string of the molecule is Clc1ccc(-c2nc3c(c(NC4CCCC4)n2)CCCC3)cc1. The molecule has 0 bridgehead atoms. The molecule has 0 aliphatic heterocycles. The number of aryl methyl sites for hydroxylation is 1. The maximum Gasteiger partial charge on any atom is 0.161 e. The van der Waals surface area contributed by atoms with Crippen LogP contribution in [0, 0.1) is 0 Å². The van der Waals surface area contributed by atoms with E-state index in [4.69, 9.17) is 21.6 Å². The fraction of sp³-hybridized carbons (Fsp3) is 0.474. The molecule has 3 nitrogen and oxygen atoms in total. The van der Waals surface area contributed by atoms with Crippen LogP contribution < -0.4 is 5.32 Å². The molecule has 0 amide bonds. The van der Waals surface area contributed by atoms with Gasteiger partial charge in [0, 0.05) is 27.9 Å². The van der Waals surface area contributed by atoms with Crippen LogP contribution in [-0.2, 0) is 12.8 Å². The van der Waals surface area contributed by atoms with Crippen LogP contribution in [0.3, 0.4) is 0 Å². The zero-order valence-corrected chi connectivity index (χ0v) is 14.1. The first-order valence-corrected chi connectivity index (χ1v) is 9.10. The van der Waals surface area contributed by atoms with Crippen LogP contribution in [0.1, 0.15) is 49.8 Å². The molecule has 0 spiro atoms. The molecule has 2 aliphatic carbocycles. The van der Waals surface area contributed by atoms with Gasteiger partial charge in [0.15, 0.2) is 5.82 Å². The molecule has 1 heterocycles. The zero-order valence-electron chi connectivity index (χ0n) is 13.3. The fourth-order valence-corrected chi connectivity index (χ4v) is 3.83. The van der Waals surface area contributed by atoms with Gasteiger partial charge in [-0.25, -0.2) is 9.97 Å². The molecule has 0 unspecified atom stereocenters. The molecule has 0 atom stereocenters. The highest BCUT2D eigenvalue weighted by Crippen LogP contribution is 2.31. The quantitative estimate of drug-likeness (QED) is 0.859. The predicted molar refractivity (Wildman–Crippen MR) is 95.0 cm³/mol. The van der Waals surface area contributed by atoms with Crippen molar-refractivity contribution in [2.45, 2.75) is 57.4 Å². The number of hydrogen-bond acceptors (Lipinski definition) is 3. The summed E-state index contributed by atoms with van der Waals surface area (Å²) in [5.41, 5.74) is 3.62. The Morgan fingerprint density at radius 1 is 0.913 bits per heavy atom. The van der Waals surface area contributed by atoms with Gasteiger partial charge in [-0.2, -0.15) is 0 Å². The number of hydrogen-bond donors (Lipinski definition) is 1. The topological polar surface area (TPSA) is 37.8 Å². The van der Waals surface area contributed by atoms with Crippen molar-refractivity contribution in [1.82, 2.24) is 9.97 Å². The molecule has 1 N–H and O–H groups in total. The second kappa shape index (κ2) is 6.48. The lowest BCUT2D eigenvalue weighted by molar-refractivity contribution is 0.659. The third-order valence-electron chi connectivity index (χ3n) is 4.98. The number of nitrogens with one attached hydrogen (secondary N) is 1. The number of benzene rings is 1. The van der Waals surface area contributed by atoms with Gasteiger partial charge in [-0.15, -0.1) is 0 Å². The van der Waals surface area contributed by atoms with Gasteiger partial charge in [0.05, 0.1) is 0 Å². The molecule has 1 saturated carbocycles. The van der Waals surface area contributed by atoms with Crippen LogP contribution in [0.25, 0.3) is 11.4 Å². The van der Waals surface area contributed by atoms with Gasteiger partial charge in [-0.3, -0.25) is 0 Å². The van der Waals surface area contributed by atoms with Gasteiger partial charge in [-0.05, 0) is 62.8 Å². The van der Waals surface area contributed by atoms with Gasteiger partial charge in [-0.1, -0.05) is 24.4 Å². The minimum absolute atomic E-state index is 0.578. The maximum atomic E-state index is 6.01. The van der Waals surface area contributed by atoms with Crippen LogP contribution in [0.15, 0.2) is 24.3 Å². The first kappa shape index (κ1) is 14.9. The van der Waals surface area contributed by atoms with E-state index < -0.39 is 0 Å². The second-order valence-electron chi connectivity index (χ2n) is 6.66. The highest BCUT2D eigenvalue weighted by atomic mass is 35.5. The lowest BCUT2D eigenvalue weighted by atomic mass is 9.96. The molecule has 2 aromatic rings. The van der Waals surface area contributed by atoms with Crippen molar-refractivity contribution in [2.24, 2.45) is 0 Å². The Morgan fingerprint density at radius 2 is 1.65 bits per heavy atom. The molecule has 4 rings (SSSR count). The highest BCUT2D eigenvalue weighted by molar-refractivity contribution is 6.30. The summed E-state index contributed by atoms with van der Waals surface area (Å²) in [4.78, 5) is 9.74. The Balaban J connectivity index is 1.73. The molecule has 0 saturated heterocycles. The van der Waals surface area contributed by atoms with Crippen molar-refractivity contribution in [3.8, 4) is 11.4 Å². The first-order chi connectivity index (χ1) is 11.3. The van der Waals surface area contributed by atoms with E-state index in [2.05, 4.69) is 5.32 Å². The summed E-state index contributed by atoms with van der Waals surface area (Å²) in [6, 6.07) is 8.40. The Kier molecular flexibility index (Phi) is 4.21. The van der Waals surface area contributed by atoms with E-state index in [1.807, 2.05) is 24.3 Å². The predicted octanol–water partition coefficient (Wildman–Crippen LogP) is 5.03. The molecule has 2 aliphatic rings. The van der Waals surface area contributed by atoms with Crippen LogP contribution in [0.4, 0.5) is 5.82 Å². The Hall–Kier alpha value is -1.61. The number of nitrogens with zero attached hydrogens (tertiary/aromatic N) is 2. The van der Waals surface area contributed by atoms with E-state index in [-0.39, 0.29) is 0 Å². The summed E-state index contributed by atoms with van der Waals surface area (Å²) < 4.78 is 0. The van der Waals surface area contributed by atoms with Crippen molar-refractivity contribution in [2.75, 3.05) is 5.32 Å². The first-order valence-electron chi connectivity index (χ1n) is 8.72. The van der Waals surface area contributed by atoms with Gasteiger partial charge < -0.3 is 5.32 Å². The molecule has 1 aromatic heterocycles. The Morgan fingerprint density at radius 3 is 2.43 bits per heavy atom. The van der Waals surface area contributed by atoms with Crippen molar-refractivity contribution < 1.29 is 0 Å². The van der Waals surface area contributed by atoms with E-state index in [0.717, 1.165) is 35.1 Å². The van der Waals surface area contributed by atoms with Crippen LogP contribution in [0.5, 0.6) is 0 Å². The van der Waals surface area contributed by atoms with Crippen molar-refractivity contribution in [3.63, 3.8) is 0 Å². The maximum absolute atomic E-state index is 6.01. The van der Waals surface area contributed by atoms with Crippen molar-refractivity contribution >= 4 is 17.4 Å². The van der Waals surface area contributed by atoms with Gasteiger partial charge in [0.1, 0.15) is 5.82 Å². The molecule has 0 radical (unpaired) electrons. The summed E-state index contributed by atoms with van der Waals surface area (Å²) in [6.07, 6.45) is 9.82. The Bertz CT molecular complexity index is 691. The molecule has 1 aromatic carbocycles. The van der Waals surface area contributed by atoms with Crippen molar-refractivity contribution in [1.29, 1.82) is 0 Å². The number of rotatable bonds is 3. The molecule has 1 fully saturated rings. The number of fused-ring (bicyclic) bond motifs is 1. The standard InChI is InChI=1S/C19H22ClN3/c20-14-11-9-13(10-12-14)18-22-17-8-4-3-7-16(17)19(23-18)21-15-5-1-2-6-15/h9-12,15H,1-8H2,(H,21,22,23). The van der Waals surface area contributed by atoms with E-state index >= 15 is 0 Å². The van der Waals surface area contributed by atoms with Crippen molar-refractivity contribution in [3.05, 3.63) is 40.5 Å². The van der Waals surface area contributed by atoms with Crippen LogP contribution >= 0.6 is 11.6 Å². The van der Waals surface area contributed by atoms with E-state index in [1.165, 1.54) is 49.8 Å². The van der Waals surface area contributed by atoms with Gasteiger partial charge >= 0.3 is 0 Å². The third-order valence-corrected chi connectivity index (χ3v) is 5.23. The van der Waals surface area contributed by atoms with Gasteiger partial charge in [0.25, 0.3) is 0 Å². The second-order valence-corrected chi connectivity index (χ2v) is 7.10. The minimum Gasteiger partial charge on any atom is -0.367 e. The molecule has 23 heavy (non-hydrogen) atoms. The summed E-state index contributed by atoms with van der Waals surface area (Å²) in [7, 11) is 0. The number of anilines is 1. The minimum atomic E-state index is 0.578. The Labute approximate surface area is 142 Å². The smallest absolute Gasteiger partial charge is 0.161 e. The van der Waals surface area contributed by atoms with E-state index in [0.29, 0.717) is 6.04 Å². The largest absolute Gasteiger partial charge is 0.367 e. The average Bonchev–Trinajstić information content (AvgIpc) is 3.08. The monoisotopic (exact) mass is 327 g/mol. The lowest BCUT2D eigenvalue weighted by Gasteiger charge is -2.22. The molecule has 4 heteroatoms. The third kappa shape index (κ3) is 3.20. The van der Waals surface area contributed by atoms with Gasteiger partial charge in [0.2, 0.25) is 0 Å². The average molecular weight is 328 g/mol. The van der Waals surface area contributed by atoms with E-state index in [9.17, 15) is 0 Å². The summed E-state index contributed by atoms with van der Waals surface area (Å²) >= 11 is 6.01. The highest BCUT2D eigenvalue weighted by Gasteiger charge is 2.22. The zero-order chi connectivity index (χ0) is 15.6. The van der Waals surface area contributed by atoms with Crippen LogP contribution in [-0.4, -0.2) is 16.0 Å². The molecule has 120 valence electrons. The summed E-state index contributed by atoms with van der Waals surface area (Å²) in [5, 5.41) is 4.46.